The molecular formula is C21H24N6O2. The molecule has 3 aromatic rings. The van der Waals surface area contributed by atoms with Crippen molar-refractivity contribution in [3.8, 4) is 0 Å². The first kappa shape index (κ1) is 19.0. The third-order valence-corrected chi connectivity index (χ3v) is 5.27. The van der Waals surface area contributed by atoms with Gasteiger partial charge in [0.2, 0.25) is 11.8 Å². The summed E-state index contributed by atoms with van der Waals surface area (Å²) >= 11 is 0. The van der Waals surface area contributed by atoms with Gasteiger partial charge in [0.05, 0.1) is 18.7 Å². The van der Waals surface area contributed by atoms with E-state index in [9.17, 15) is 9.59 Å². The average Bonchev–Trinajstić information content (AvgIpc) is 3.34. The molecular weight excluding hydrogens is 368 g/mol. The van der Waals surface area contributed by atoms with Crippen molar-refractivity contribution >= 4 is 23.0 Å². The zero-order valence-corrected chi connectivity index (χ0v) is 16.4. The van der Waals surface area contributed by atoms with Gasteiger partial charge in [0.15, 0.2) is 5.65 Å². The van der Waals surface area contributed by atoms with Gasteiger partial charge in [-0.1, -0.05) is 30.3 Å². The number of nitrogens with zero attached hydrogens (tertiary/aromatic N) is 5. The predicted octanol–water partition coefficient (Wildman–Crippen LogP) is 1.52. The average molecular weight is 392 g/mol. The number of aromatic nitrogens is 4. The van der Waals surface area contributed by atoms with Crippen molar-refractivity contribution in [1.29, 1.82) is 0 Å². The van der Waals surface area contributed by atoms with Gasteiger partial charge in [-0.15, -0.1) is 0 Å². The summed E-state index contributed by atoms with van der Waals surface area (Å²) in [6.45, 7) is 3.97. The number of likely N-dealkylation sites (tertiary alicyclic amines) is 1. The van der Waals surface area contributed by atoms with E-state index in [4.69, 9.17) is 5.10 Å². The van der Waals surface area contributed by atoms with Crippen molar-refractivity contribution in [2.45, 2.75) is 32.2 Å². The first-order valence-electron chi connectivity index (χ1n) is 9.85. The molecule has 2 aromatic heterocycles. The molecule has 1 fully saturated rings. The predicted molar refractivity (Wildman–Crippen MR) is 108 cm³/mol. The summed E-state index contributed by atoms with van der Waals surface area (Å²) < 4.78 is 1.80. The lowest BCUT2D eigenvalue weighted by molar-refractivity contribution is -0.127. The lowest BCUT2D eigenvalue weighted by Crippen LogP contribution is -2.29. The highest BCUT2D eigenvalue weighted by Crippen LogP contribution is 2.30. The van der Waals surface area contributed by atoms with Crippen LogP contribution in [0, 0.1) is 0 Å². The highest BCUT2D eigenvalue weighted by atomic mass is 16.2. The van der Waals surface area contributed by atoms with E-state index in [2.05, 4.69) is 15.3 Å². The van der Waals surface area contributed by atoms with Crippen LogP contribution >= 0.6 is 0 Å². The first-order valence-corrected chi connectivity index (χ1v) is 9.85. The van der Waals surface area contributed by atoms with E-state index in [-0.39, 0.29) is 17.7 Å². The summed E-state index contributed by atoms with van der Waals surface area (Å²) in [4.78, 5) is 34.6. The van der Waals surface area contributed by atoms with Gasteiger partial charge < -0.3 is 10.2 Å². The smallest absolute Gasteiger partial charge is 0.224 e. The normalized spacial score (nSPS) is 16.3. The second-order valence-electron chi connectivity index (χ2n) is 7.30. The largest absolute Gasteiger partial charge is 0.354 e. The molecule has 8 heteroatoms. The van der Waals surface area contributed by atoms with E-state index in [0.29, 0.717) is 31.7 Å². The molecule has 1 aliphatic heterocycles. The van der Waals surface area contributed by atoms with Gasteiger partial charge in [0, 0.05) is 44.9 Å². The van der Waals surface area contributed by atoms with Gasteiger partial charge in [-0.25, -0.2) is 14.6 Å². The number of amides is 2. The summed E-state index contributed by atoms with van der Waals surface area (Å²) in [6, 6.07) is 9.66. The highest BCUT2D eigenvalue weighted by Gasteiger charge is 2.30. The summed E-state index contributed by atoms with van der Waals surface area (Å²) in [5.41, 5.74) is 3.35. The molecule has 1 aliphatic rings. The van der Waals surface area contributed by atoms with E-state index in [0.717, 1.165) is 29.7 Å². The van der Waals surface area contributed by atoms with Crippen molar-refractivity contribution in [1.82, 2.24) is 30.0 Å². The second-order valence-corrected chi connectivity index (χ2v) is 7.30. The quantitative estimate of drug-likeness (QED) is 0.687. The molecule has 1 saturated heterocycles. The van der Waals surface area contributed by atoms with Crippen molar-refractivity contribution < 1.29 is 9.59 Å². The van der Waals surface area contributed by atoms with E-state index in [1.54, 1.807) is 24.0 Å². The molecule has 0 unspecified atom stereocenters. The van der Waals surface area contributed by atoms with Gasteiger partial charge in [-0.3, -0.25) is 9.59 Å². The molecule has 1 atom stereocenters. The number of fused-ring (bicyclic) bond motifs is 1. The molecule has 0 spiro atoms. The lowest BCUT2D eigenvalue weighted by Gasteiger charge is -2.12. The van der Waals surface area contributed by atoms with Crippen molar-refractivity contribution in [2.24, 2.45) is 0 Å². The van der Waals surface area contributed by atoms with Crippen LogP contribution in [0.1, 0.15) is 30.5 Å². The number of carbonyl (C=O) groups excluding carboxylic acids is 2. The third kappa shape index (κ3) is 4.26. The second kappa shape index (κ2) is 8.38. The maximum Gasteiger partial charge on any atom is 0.224 e. The van der Waals surface area contributed by atoms with Crippen LogP contribution in [0.5, 0.6) is 0 Å². The van der Waals surface area contributed by atoms with Crippen LogP contribution in [-0.2, 0) is 22.6 Å². The van der Waals surface area contributed by atoms with Crippen LogP contribution in [0.15, 0.2) is 42.7 Å². The number of rotatable bonds is 6. The molecule has 1 N–H and O–H groups in total. The highest BCUT2D eigenvalue weighted by molar-refractivity contribution is 5.78. The zero-order chi connectivity index (χ0) is 20.2. The van der Waals surface area contributed by atoms with Crippen molar-refractivity contribution in [3.05, 3.63) is 54.0 Å². The fourth-order valence-electron chi connectivity index (χ4n) is 3.77. The maximum atomic E-state index is 12.2. The molecule has 29 heavy (non-hydrogen) atoms. The molecule has 4 rings (SSSR count). The van der Waals surface area contributed by atoms with Crippen LogP contribution < -0.4 is 5.32 Å². The number of hydrogen-bond acceptors (Lipinski definition) is 5. The number of nitrogens with one attached hydrogen (secondary N) is 1. The minimum atomic E-state index is -0.0214. The Labute approximate surface area is 168 Å². The van der Waals surface area contributed by atoms with Gasteiger partial charge in [-0.2, -0.15) is 5.10 Å². The van der Waals surface area contributed by atoms with Crippen LogP contribution in [0.4, 0.5) is 0 Å². The zero-order valence-electron chi connectivity index (χ0n) is 16.4. The van der Waals surface area contributed by atoms with E-state index in [1.165, 1.54) is 0 Å². The molecule has 150 valence electrons. The number of carbonyl (C=O) groups is 2. The minimum absolute atomic E-state index is 0.0214. The van der Waals surface area contributed by atoms with Crippen LogP contribution in [-0.4, -0.2) is 56.1 Å². The standard InChI is InChI=1S/C21H24N6O2/c1-15(28)26-11-7-17(14-26)19-20-21(24-9-8-23-20)27(25-19)12-10-22-18(29)13-16-5-3-2-4-6-16/h2-6,8-9,17H,7,10-14H2,1H3,(H,22,29)/t17-/m0/s1. The van der Waals surface area contributed by atoms with Gasteiger partial charge in [0.1, 0.15) is 5.52 Å². The van der Waals surface area contributed by atoms with E-state index < -0.39 is 0 Å². The van der Waals surface area contributed by atoms with Crippen molar-refractivity contribution in [2.75, 3.05) is 19.6 Å². The molecule has 1 aromatic carbocycles. The Hall–Kier alpha value is -3.29. The molecule has 0 radical (unpaired) electrons. The molecule has 0 aliphatic carbocycles. The van der Waals surface area contributed by atoms with Crippen LogP contribution in [0.3, 0.4) is 0 Å². The van der Waals surface area contributed by atoms with Crippen molar-refractivity contribution in [3.63, 3.8) is 0 Å². The van der Waals surface area contributed by atoms with Crippen LogP contribution in [0.25, 0.3) is 11.2 Å². The van der Waals surface area contributed by atoms with Crippen LogP contribution in [0.2, 0.25) is 0 Å². The fraction of sp³-hybridized carbons (Fsp3) is 0.381. The fourth-order valence-corrected chi connectivity index (χ4v) is 3.77. The lowest BCUT2D eigenvalue weighted by atomic mass is 10.0. The summed E-state index contributed by atoms with van der Waals surface area (Å²) in [5.74, 6) is 0.224. The topological polar surface area (TPSA) is 93.0 Å². The molecule has 8 nitrogen and oxygen atoms in total. The Morgan fingerprint density at radius 3 is 2.72 bits per heavy atom. The van der Waals surface area contributed by atoms with Gasteiger partial charge >= 0.3 is 0 Å². The molecule has 2 amide bonds. The number of hydrogen-bond donors (Lipinski definition) is 1. The Bertz CT molecular complexity index is 1020. The monoisotopic (exact) mass is 392 g/mol. The Balaban J connectivity index is 1.43. The maximum absolute atomic E-state index is 12.2. The van der Waals surface area contributed by atoms with Gasteiger partial charge in [0.25, 0.3) is 0 Å². The molecule has 0 saturated carbocycles. The summed E-state index contributed by atoms with van der Waals surface area (Å²) in [5, 5.41) is 7.69. The Morgan fingerprint density at radius 2 is 1.97 bits per heavy atom. The SMILES string of the molecule is CC(=O)N1CC[C@H](c2nn(CCNC(=O)Cc3ccccc3)c3nccnc23)C1. The van der Waals surface area contributed by atoms with Gasteiger partial charge in [-0.05, 0) is 12.0 Å². The summed E-state index contributed by atoms with van der Waals surface area (Å²) in [6.07, 6.45) is 4.54. The Morgan fingerprint density at radius 1 is 1.17 bits per heavy atom. The molecule has 3 heterocycles. The number of benzene rings is 1. The third-order valence-electron chi connectivity index (χ3n) is 5.27. The summed E-state index contributed by atoms with van der Waals surface area (Å²) in [7, 11) is 0. The minimum Gasteiger partial charge on any atom is -0.354 e. The first-order chi connectivity index (χ1) is 14.1. The van der Waals surface area contributed by atoms with E-state index >= 15 is 0 Å². The van der Waals surface area contributed by atoms with E-state index in [1.807, 2.05) is 35.2 Å². The Kier molecular flexibility index (Phi) is 5.50. The molecule has 0 bridgehead atoms.